The number of benzene rings is 1. The van der Waals surface area contributed by atoms with Crippen LogP contribution in [0.4, 0.5) is 10.3 Å². The molecule has 1 aromatic heterocycles. The van der Waals surface area contributed by atoms with E-state index in [4.69, 9.17) is 4.52 Å². The molecule has 0 radical (unpaired) electrons. The number of rotatable bonds is 3. The van der Waals surface area contributed by atoms with Crippen molar-refractivity contribution in [1.82, 2.24) is 15.0 Å². The van der Waals surface area contributed by atoms with Crippen molar-refractivity contribution < 1.29 is 8.91 Å². The fourth-order valence-corrected chi connectivity index (χ4v) is 4.15. The molecule has 1 spiro atoms. The Morgan fingerprint density at radius 2 is 2.00 bits per heavy atom. The predicted molar refractivity (Wildman–Crippen MR) is 89.2 cm³/mol. The van der Waals surface area contributed by atoms with Gasteiger partial charge in [0.05, 0.1) is 0 Å². The molecule has 0 unspecified atom stereocenters. The lowest BCUT2D eigenvalue weighted by atomic mass is 9.79. The molecule has 0 N–H and O–H groups in total. The second kappa shape index (κ2) is 6.16. The highest BCUT2D eigenvalue weighted by Crippen LogP contribution is 2.40. The first-order valence-corrected chi connectivity index (χ1v) is 8.64. The van der Waals surface area contributed by atoms with Crippen molar-refractivity contribution >= 4 is 5.95 Å². The number of anilines is 1. The molecule has 0 aliphatic carbocycles. The van der Waals surface area contributed by atoms with Crippen LogP contribution < -0.4 is 4.90 Å². The second-order valence-electron chi connectivity index (χ2n) is 7.23. The molecule has 1 aromatic carbocycles. The molecule has 6 heteroatoms. The average Bonchev–Trinajstić information content (AvgIpc) is 3.17. The molecule has 2 aliphatic heterocycles. The Morgan fingerprint density at radius 3 is 2.75 bits per heavy atom. The molecule has 3 heterocycles. The Kier molecular flexibility index (Phi) is 4.00. The fraction of sp³-hybridized carbons (Fsp3) is 0.556. The SMILES string of the molecule is Cc1nc(N2CC[C@]3(CCCN(Cc4ccc(F)cc4)C3)C2)no1. The molecule has 2 fully saturated rings. The van der Waals surface area contributed by atoms with Gasteiger partial charge in [-0.2, -0.15) is 4.98 Å². The van der Waals surface area contributed by atoms with E-state index in [1.54, 1.807) is 12.1 Å². The van der Waals surface area contributed by atoms with E-state index in [1.165, 1.54) is 24.8 Å². The minimum absolute atomic E-state index is 0.171. The van der Waals surface area contributed by atoms with E-state index in [9.17, 15) is 4.39 Å². The van der Waals surface area contributed by atoms with Gasteiger partial charge < -0.3 is 9.42 Å². The van der Waals surface area contributed by atoms with Gasteiger partial charge in [-0.15, -0.1) is 0 Å². The zero-order valence-corrected chi connectivity index (χ0v) is 14.0. The van der Waals surface area contributed by atoms with Gasteiger partial charge >= 0.3 is 0 Å². The van der Waals surface area contributed by atoms with Crippen LogP contribution in [-0.2, 0) is 6.54 Å². The Balaban J connectivity index is 1.42. The Labute approximate surface area is 141 Å². The predicted octanol–water partition coefficient (Wildman–Crippen LogP) is 3.01. The van der Waals surface area contributed by atoms with Crippen molar-refractivity contribution in [2.75, 3.05) is 31.1 Å². The van der Waals surface area contributed by atoms with Crippen molar-refractivity contribution in [3.63, 3.8) is 0 Å². The van der Waals surface area contributed by atoms with Gasteiger partial charge in [0.15, 0.2) is 0 Å². The Bertz CT molecular complexity index is 701. The van der Waals surface area contributed by atoms with E-state index in [0.717, 1.165) is 38.7 Å². The third-order valence-electron chi connectivity index (χ3n) is 5.30. The maximum atomic E-state index is 13.1. The maximum absolute atomic E-state index is 13.1. The van der Waals surface area contributed by atoms with E-state index in [1.807, 2.05) is 19.1 Å². The lowest BCUT2D eigenvalue weighted by molar-refractivity contribution is 0.0991. The van der Waals surface area contributed by atoms with Crippen LogP contribution in [0.25, 0.3) is 0 Å². The molecule has 0 saturated carbocycles. The van der Waals surface area contributed by atoms with Crippen molar-refractivity contribution in [1.29, 1.82) is 0 Å². The lowest BCUT2D eigenvalue weighted by Gasteiger charge is -2.40. The van der Waals surface area contributed by atoms with Gasteiger partial charge in [0.1, 0.15) is 5.82 Å². The van der Waals surface area contributed by atoms with Crippen molar-refractivity contribution in [3.05, 3.63) is 41.5 Å². The Morgan fingerprint density at radius 1 is 1.17 bits per heavy atom. The monoisotopic (exact) mass is 330 g/mol. The van der Waals surface area contributed by atoms with Gasteiger partial charge in [0.25, 0.3) is 5.95 Å². The van der Waals surface area contributed by atoms with Crippen LogP contribution in [0, 0.1) is 18.2 Å². The summed E-state index contributed by atoms with van der Waals surface area (Å²) in [4.78, 5) is 9.11. The van der Waals surface area contributed by atoms with Crippen LogP contribution in [0.1, 0.15) is 30.7 Å². The maximum Gasteiger partial charge on any atom is 0.266 e. The molecule has 128 valence electrons. The highest BCUT2D eigenvalue weighted by atomic mass is 19.1. The zero-order valence-electron chi connectivity index (χ0n) is 14.0. The van der Waals surface area contributed by atoms with Crippen LogP contribution in [0.5, 0.6) is 0 Å². The van der Waals surface area contributed by atoms with Gasteiger partial charge in [-0.3, -0.25) is 4.90 Å². The van der Waals surface area contributed by atoms with E-state index < -0.39 is 0 Å². The summed E-state index contributed by atoms with van der Waals surface area (Å²) in [5, 5.41) is 4.06. The number of nitrogens with zero attached hydrogens (tertiary/aromatic N) is 4. The van der Waals surface area contributed by atoms with E-state index in [2.05, 4.69) is 19.9 Å². The molecule has 1 atom stereocenters. The molecular formula is C18H23FN4O. The quantitative estimate of drug-likeness (QED) is 0.866. The first kappa shape index (κ1) is 15.6. The lowest BCUT2D eigenvalue weighted by Crippen LogP contribution is -2.44. The number of aromatic nitrogens is 2. The minimum atomic E-state index is -0.171. The summed E-state index contributed by atoms with van der Waals surface area (Å²) in [5.74, 6) is 1.17. The van der Waals surface area contributed by atoms with E-state index in [-0.39, 0.29) is 5.82 Å². The third kappa shape index (κ3) is 3.15. The summed E-state index contributed by atoms with van der Waals surface area (Å²) in [6.07, 6.45) is 3.63. The van der Waals surface area contributed by atoms with Gasteiger partial charge in [0.2, 0.25) is 5.89 Å². The molecule has 2 saturated heterocycles. The molecule has 2 aromatic rings. The number of hydrogen-bond donors (Lipinski definition) is 0. The first-order valence-electron chi connectivity index (χ1n) is 8.64. The number of hydrogen-bond acceptors (Lipinski definition) is 5. The van der Waals surface area contributed by atoms with Gasteiger partial charge in [-0.05, 0) is 48.7 Å². The highest BCUT2D eigenvalue weighted by molar-refractivity contribution is 5.31. The average molecular weight is 330 g/mol. The number of aryl methyl sites for hydroxylation is 1. The van der Waals surface area contributed by atoms with Crippen molar-refractivity contribution in [2.45, 2.75) is 32.7 Å². The summed E-state index contributed by atoms with van der Waals surface area (Å²) in [5.41, 5.74) is 1.49. The van der Waals surface area contributed by atoms with E-state index >= 15 is 0 Å². The number of halogens is 1. The van der Waals surface area contributed by atoms with Crippen LogP contribution in [0.3, 0.4) is 0 Å². The smallest absolute Gasteiger partial charge is 0.266 e. The van der Waals surface area contributed by atoms with Gasteiger partial charge in [0, 0.05) is 38.5 Å². The molecule has 4 rings (SSSR count). The summed E-state index contributed by atoms with van der Waals surface area (Å²) < 4.78 is 18.2. The molecule has 24 heavy (non-hydrogen) atoms. The standard InChI is InChI=1S/C18H23FN4O/c1-14-20-17(21-24-14)23-10-8-18(13-23)7-2-9-22(12-18)11-15-3-5-16(19)6-4-15/h3-6H,2,7-13H2,1H3/t18-/m0/s1. The molecule has 5 nitrogen and oxygen atoms in total. The minimum Gasteiger partial charge on any atom is -0.338 e. The van der Waals surface area contributed by atoms with Gasteiger partial charge in [-0.25, -0.2) is 4.39 Å². The Hall–Kier alpha value is -1.95. The summed E-state index contributed by atoms with van der Waals surface area (Å²) in [6.45, 7) is 6.89. The fourth-order valence-electron chi connectivity index (χ4n) is 4.15. The van der Waals surface area contributed by atoms with Crippen LogP contribution in [-0.4, -0.2) is 41.2 Å². The second-order valence-corrected chi connectivity index (χ2v) is 7.23. The molecular weight excluding hydrogens is 307 g/mol. The summed E-state index contributed by atoms with van der Waals surface area (Å²) in [6, 6.07) is 6.87. The largest absolute Gasteiger partial charge is 0.338 e. The number of likely N-dealkylation sites (tertiary alicyclic amines) is 1. The first-order chi connectivity index (χ1) is 11.6. The number of piperidine rings is 1. The van der Waals surface area contributed by atoms with Crippen LogP contribution in [0.2, 0.25) is 0 Å². The molecule has 0 bridgehead atoms. The van der Waals surface area contributed by atoms with Crippen LogP contribution in [0.15, 0.2) is 28.8 Å². The topological polar surface area (TPSA) is 45.4 Å². The van der Waals surface area contributed by atoms with Crippen LogP contribution >= 0.6 is 0 Å². The molecule has 0 amide bonds. The normalized spacial score (nSPS) is 24.8. The molecule has 2 aliphatic rings. The highest BCUT2D eigenvalue weighted by Gasteiger charge is 2.42. The summed E-state index contributed by atoms with van der Waals surface area (Å²) in [7, 11) is 0. The van der Waals surface area contributed by atoms with Gasteiger partial charge in [-0.1, -0.05) is 12.1 Å². The van der Waals surface area contributed by atoms with E-state index in [0.29, 0.717) is 11.3 Å². The van der Waals surface area contributed by atoms with Crippen molar-refractivity contribution in [2.24, 2.45) is 5.41 Å². The summed E-state index contributed by atoms with van der Waals surface area (Å²) >= 11 is 0. The van der Waals surface area contributed by atoms with Crippen molar-refractivity contribution in [3.8, 4) is 0 Å². The zero-order chi connectivity index (χ0) is 16.6. The third-order valence-corrected chi connectivity index (χ3v) is 5.30.